The number of carbonyl (C=O) groups is 2. The van der Waals surface area contributed by atoms with Crippen LogP contribution in [0.25, 0.3) is 11.3 Å². The number of aromatic nitrogens is 1. The summed E-state index contributed by atoms with van der Waals surface area (Å²) in [5, 5.41) is 12.6. The molecule has 1 aromatic carbocycles. The highest BCUT2D eigenvalue weighted by Gasteiger charge is 2.34. The normalized spacial score (nSPS) is 14.8. The molecule has 2 aromatic rings. The van der Waals surface area contributed by atoms with Crippen LogP contribution in [0.5, 0.6) is 0 Å². The smallest absolute Gasteiger partial charge is 0.303 e. The summed E-state index contributed by atoms with van der Waals surface area (Å²) in [6, 6.07) is 11.1. The maximum absolute atomic E-state index is 12.1. The molecule has 0 saturated carbocycles. The van der Waals surface area contributed by atoms with Crippen molar-refractivity contribution in [1.82, 2.24) is 10.1 Å². The van der Waals surface area contributed by atoms with Crippen LogP contribution in [0, 0.1) is 5.92 Å². The first-order valence-corrected chi connectivity index (χ1v) is 6.66. The molecule has 1 amide bonds. The van der Waals surface area contributed by atoms with E-state index in [2.05, 4.69) is 5.16 Å². The Morgan fingerprint density at radius 1 is 1.29 bits per heavy atom. The Bertz CT molecular complexity index is 659. The second kappa shape index (κ2) is 5.40. The fourth-order valence-electron chi connectivity index (χ4n) is 2.39. The van der Waals surface area contributed by atoms with E-state index in [-0.39, 0.29) is 24.0 Å². The average Bonchev–Trinajstić information content (AvgIpc) is 2.92. The van der Waals surface area contributed by atoms with Gasteiger partial charge in [-0.05, 0) is 0 Å². The van der Waals surface area contributed by atoms with E-state index in [0.717, 1.165) is 5.56 Å². The SMILES string of the molecule is O=C(O)CC1CN(C(=O)c2cc(-c3ccccc3)no2)C1. The highest BCUT2D eigenvalue weighted by atomic mass is 16.5. The minimum atomic E-state index is -0.835. The predicted octanol–water partition coefficient (Wildman–Crippen LogP) is 1.89. The molecule has 6 heteroatoms. The van der Waals surface area contributed by atoms with E-state index in [1.54, 1.807) is 11.0 Å². The number of hydrogen-bond donors (Lipinski definition) is 1. The number of amides is 1. The van der Waals surface area contributed by atoms with E-state index >= 15 is 0 Å². The average molecular weight is 286 g/mol. The monoisotopic (exact) mass is 286 g/mol. The lowest BCUT2D eigenvalue weighted by molar-refractivity contribution is -0.139. The number of carboxylic acid groups (broad SMARTS) is 1. The lowest BCUT2D eigenvalue weighted by Gasteiger charge is -2.37. The molecule has 1 N–H and O–H groups in total. The van der Waals surface area contributed by atoms with Crippen LogP contribution in [0.2, 0.25) is 0 Å². The molecule has 3 rings (SSSR count). The van der Waals surface area contributed by atoms with Gasteiger partial charge in [-0.2, -0.15) is 0 Å². The number of benzene rings is 1. The Morgan fingerprint density at radius 2 is 2.00 bits per heavy atom. The van der Waals surface area contributed by atoms with E-state index in [1.165, 1.54) is 0 Å². The first-order valence-electron chi connectivity index (χ1n) is 6.66. The minimum Gasteiger partial charge on any atom is -0.481 e. The molecule has 1 fully saturated rings. The van der Waals surface area contributed by atoms with Crippen LogP contribution in [0.15, 0.2) is 40.9 Å². The van der Waals surface area contributed by atoms with Gasteiger partial charge in [0.25, 0.3) is 5.91 Å². The van der Waals surface area contributed by atoms with Crippen molar-refractivity contribution in [3.05, 3.63) is 42.2 Å². The molecule has 0 aliphatic carbocycles. The first-order chi connectivity index (χ1) is 10.1. The molecule has 0 atom stereocenters. The lowest BCUT2D eigenvalue weighted by Crippen LogP contribution is -2.50. The third kappa shape index (κ3) is 2.79. The number of nitrogens with zero attached hydrogens (tertiary/aromatic N) is 2. The van der Waals surface area contributed by atoms with Gasteiger partial charge in [-0.3, -0.25) is 9.59 Å². The van der Waals surface area contributed by atoms with Gasteiger partial charge in [0, 0.05) is 30.6 Å². The Morgan fingerprint density at radius 3 is 2.67 bits per heavy atom. The van der Waals surface area contributed by atoms with Crippen molar-refractivity contribution in [2.24, 2.45) is 5.92 Å². The molecule has 1 aliphatic rings. The molecule has 0 radical (unpaired) electrons. The fourth-order valence-corrected chi connectivity index (χ4v) is 2.39. The number of likely N-dealkylation sites (tertiary alicyclic amines) is 1. The van der Waals surface area contributed by atoms with Gasteiger partial charge in [-0.15, -0.1) is 0 Å². The van der Waals surface area contributed by atoms with Gasteiger partial charge in [0.05, 0.1) is 6.42 Å². The van der Waals surface area contributed by atoms with Crippen LogP contribution in [0.1, 0.15) is 17.0 Å². The Labute approximate surface area is 121 Å². The number of rotatable bonds is 4. The summed E-state index contributed by atoms with van der Waals surface area (Å²) in [7, 11) is 0. The highest BCUT2D eigenvalue weighted by Crippen LogP contribution is 2.24. The van der Waals surface area contributed by atoms with Gasteiger partial charge in [0.2, 0.25) is 5.76 Å². The first kappa shape index (κ1) is 13.4. The van der Waals surface area contributed by atoms with Crippen molar-refractivity contribution in [3.63, 3.8) is 0 Å². The van der Waals surface area contributed by atoms with E-state index in [4.69, 9.17) is 9.63 Å². The summed E-state index contributed by atoms with van der Waals surface area (Å²) in [4.78, 5) is 24.3. The highest BCUT2D eigenvalue weighted by molar-refractivity contribution is 5.93. The molecule has 2 heterocycles. The summed E-state index contributed by atoms with van der Waals surface area (Å²) in [5.41, 5.74) is 1.49. The van der Waals surface area contributed by atoms with Gasteiger partial charge < -0.3 is 14.5 Å². The third-order valence-electron chi connectivity index (χ3n) is 3.50. The largest absolute Gasteiger partial charge is 0.481 e. The van der Waals surface area contributed by atoms with Crippen molar-refractivity contribution >= 4 is 11.9 Å². The molecule has 1 aliphatic heterocycles. The second-order valence-electron chi connectivity index (χ2n) is 5.12. The predicted molar refractivity (Wildman–Crippen MR) is 73.6 cm³/mol. The van der Waals surface area contributed by atoms with Crippen molar-refractivity contribution in [1.29, 1.82) is 0 Å². The van der Waals surface area contributed by atoms with Gasteiger partial charge in [0.1, 0.15) is 5.69 Å². The van der Waals surface area contributed by atoms with Crippen LogP contribution in [0.4, 0.5) is 0 Å². The lowest BCUT2D eigenvalue weighted by atomic mass is 9.96. The number of hydrogen-bond acceptors (Lipinski definition) is 4. The zero-order valence-electron chi connectivity index (χ0n) is 11.2. The van der Waals surface area contributed by atoms with Gasteiger partial charge in [-0.25, -0.2) is 0 Å². The van der Waals surface area contributed by atoms with Crippen LogP contribution in [-0.2, 0) is 4.79 Å². The third-order valence-corrected chi connectivity index (χ3v) is 3.50. The summed E-state index contributed by atoms with van der Waals surface area (Å²) >= 11 is 0. The number of carbonyl (C=O) groups excluding carboxylic acids is 1. The minimum absolute atomic E-state index is 0.0305. The van der Waals surface area contributed by atoms with Crippen molar-refractivity contribution in [2.75, 3.05) is 13.1 Å². The molecular weight excluding hydrogens is 272 g/mol. The van der Waals surface area contributed by atoms with E-state index < -0.39 is 5.97 Å². The molecular formula is C15H14N2O4. The Balaban J connectivity index is 1.65. The van der Waals surface area contributed by atoms with Crippen molar-refractivity contribution in [2.45, 2.75) is 6.42 Å². The van der Waals surface area contributed by atoms with Crippen LogP contribution in [0.3, 0.4) is 0 Å². The molecule has 0 spiro atoms. The molecule has 21 heavy (non-hydrogen) atoms. The number of carboxylic acids is 1. The maximum Gasteiger partial charge on any atom is 0.303 e. The topological polar surface area (TPSA) is 83.6 Å². The quantitative estimate of drug-likeness (QED) is 0.927. The molecule has 0 unspecified atom stereocenters. The summed E-state index contributed by atoms with van der Waals surface area (Å²) < 4.78 is 5.10. The van der Waals surface area contributed by atoms with E-state index in [0.29, 0.717) is 18.8 Å². The number of aliphatic carboxylic acids is 1. The molecule has 0 bridgehead atoms. The second-order valence-corrected chi connectivity index (χ2v) is 5.12. The Kier molecular flexibility index (Phi) is 3.43. The standard InChI is InChI=1S/C15H14N2O4/c18-14(19)6-10-8-17(9-10)15(20)13-7-12(16-21-13)11-4-2-1-3-5-11/h1-5,7,10H,6,8-9H2,(H,18,19). The van der Waals surface area contributed by atoms with Crippen molar-refractivity contribution in [3.8, 4) is 11.3 Å². The zero-order chi connectivity index (χ0) is 14.8. The van der Waals surface area contributed by atoms with Crippen LogP contribution < -0.4 is 0 Å². The maximum atomic E-state index is 12.1. The molecule has 6 nitrogen and oxygen atoms in total. The molecule has 108 valence electrons. The van der Waals surface area contributed by atoms with Gasteiger partial charge in [-0.1, -0.05) is 35.5 Å². The van der Waals surface area contributed by atoms with Gasteiger partial charge in [0.15, 0.2) is 0 Å². The molecule has 1 aromatic heterocycles. The van der Waals surface area contributed by atoms with Crippen LogP contribution in [-0.4, -0.2) is 40.1 Å². The fraction of sp³-hybridized carbons (Fsp3) is 0.267. The van der Waals surface area contributed by atoms with Crippen LogP contribution >= 0.6 is 0 Å². The van der Waals surface area contributed by atoms with Crippen molar-refractivity contribution < 1.29 is 19.2 Å². The summed E-state index contributed by atoms with van der Waals surface area (Å²) in [6.07, 6.45) is 0.0927. The summed E-state index contributed by atoms with van der Waals surface area (Å²) in [5.74, 6) is -0.866. The van der Waals surface area contributed by atoms with Gasteiger partial charge >= 0.3 is 5.97 Å². The zero-order valence-corrected chi connectivity index (χ0v) is 11.2. The molecule has 1 saturated heterocycles. The summed E-state index contributed by atoms with van der Waals surface area (Å²) in [6.45, 7) is 0.902. The Hall–Kier alpha value is -2.63. The van der Waals surface area contributed by atoms with E-state index in [9.17, 15) is 9.59 Å². The van der Waals surface area contributed by atoms with E-state index in [1.807, 2.05) is 30.3 Å².